The Bertz CT molecular complexity index is 926. The van der Waals surface area contributed by atoms with Crippen LogP contribution in [0.3, 0.4) is 0 Å². The van der Waals surface area contributed by atoms with Gasteiger partial charge >= 0.3 is 0 Å². The number of amides is 1. The lowest BCUT2D eigenvalue weighted by molar-refractivity contribution is -0.125. The summed E-state index contributed by atoms with van der Waals surface area (Å²) in [5, 5.41) is 0.918. The standard InChI is InChI=1S/C18H18Cl2N2O3S/c1-22(12-14-5-9-16(19)17(20)11-14)18(23)10-6-13-3-7-15(8-4-13)21-26(2,24)25/h3-11,21H,12H2,1-2H3/b10-6+. The van der Waals surface area contributed by atoms with Crippen LogP contribution in [0.1, 0.15) is 11.1 Å². The number of likely N-dealkylation sites (N-methyl/N-ethyl adjacent to an activating group) is 1. The fourth-order valence-electron chi connectivity index (χ4n) is 2.16. The normalized spacial score (nSPS) is 11.5. The molecular formula is C18H18Cl2N2O3S. The molecule has 0 aromatic heterocycles. The molecule has 138 valence electrons. The van der Waals surface area contributed by atoms with Crippen LogP contribution in [-0.2, 0) is 21.4 Å². The summed E-state index contributed by atoms with van der Waals surface area (Å²) in [6.07, 6.45) is 4.21. The SMILES string of the molecule is CN(Cc1ccc(Cl)c(Cl)c1)C(=O)/C=C/c1ccc(NS(C)(=O)=O)cc1. The lowest BCUT2D eigenvalue weighted by Gasteiger charge is -2.15. The van der Waals surface area contributed by atoms with Crippen LogP contribution in [0.15, 0.2) is 48.5 Å². The highest BCUT2D eigenvalue weighted by Gasteiger charge is 2.07. The Hall–Kier alpha value is -2.02. The number of hydrogen-bond donors (Lipinski definition) is 1. The van der Waals surface area contributed by atoms with Crippen molar-refractivity contribution in [2.24, 2.45) is 0 Å². The molecule has 0 aliphatic carbocycles. The van der Waals surface area contributed by atoms with Crippen molar-refractivity contribution in [3.8, 4) is 0 Å². The number of hydrogen-bond acceptors (Lipinski definition) is 3. The fourth-order valence-corrected chi connectivity index (χ4v) is 3.05. The number of anilines is 1. The highest BCUT2D eigenvalue weighted by molar-refractivity contribution is 7.92. The second-order valence-corrected chi connectivity index (χ2v) is 8.34. The number of nitrogens with zero attached hydrogens (tertiary/aromatic N) is 1. The fraction of sp³-hybridized carbons (Fsp3) is 0.167. The van der Waals surface area contributed by atoms with Crippen molar-refractivity contribution >= 4 is 50.9 Å². The molecule has 2 aromatic rings. The molecule has 26 heavy (non-hydrogen) atoms. The molecule has 0 saturated heterocycles. The minimum atomic E-state index is -3.31. The Morgan fingerprint density at radius 1 is 1.12 bits per heavy atom. The number of carbonyl (C=O) groups is 1. The maximum absolute atomic E-state index is 12.2. The van der Waals surface area contributed by atoms with E-state index in [0.29, 0.717) is 22.3 Å². The highest BCUT2D eigenvalue weighted by Crippen LogP contribution is 2.23. The van der Waals surface area contributed by atoms with Gasteiger partial charge in [-0.05, 0) is 41.5 Å². The van der Waals surface area contributed by atoms with E-state index in [9.17, 15) is 13.2 Å². The number of carbonyl (C=O) groups excluding carboxylic acids is 1. The zero-order valence-electron chi connectivity index (χ0n) is 14.2. The number of benzene rings is 2. The van der Waals surface area contributed by atoms with Crippen molar-refractivity contribution < 1.29 is 13.2 Å². The van der Waals surface area contributed by atoms with E-state index in [2.05, 4.69) is 4.72 Å². The van der Waals surface area contributed by atoms with Crippen LogP contribution in [0, 0.1) is 0 Å². The maximum atomic E-state index is 12.2. The molecule has 5 nitrogen and oxygen atoms in total. The van der Waals surface area contributed by atoms with E-state index < -0.39 is 10.0 Å². The molecule has 0 unspecified atom stereocenters. The molecule has 8 heteroatoms. The highest BCUT2D eigenvalue weighted by atomic mass is 35.5. The van der Waals surface area contributed by atoms with Gasteiger partial charge in [0.05, 0.1) is 16.3 Å². The summed E-state index contributed by atoms with van der Waals surface area (Å²) in [6, 6.07) is 11.9. The van der Waals surface area contributed by atoms with Gasteiger partial charge < -0.3 is 4.90 Å². The first-order valence-corrected chi connectivity index (χ1v) is 10.2. The van der Waals surface area contributed by atoms with Crippen molar-refractivity contribution in [3.05, 3.63) is 69.7 Å². The molecule has 0 bridgehead atoms. The average molecular weight is 413 g/mol. The second-order valence-electron chi connectivity index (χ2n) is 5.77. The molecule has 2 rings (SSSR count). The minimum absolute atomic E-state index is 0.172. The van der Waals surface area contributed by atoms with Crippen LogP contribution in [0.2, 0.25) is 10.0 Å². The topological polar surface area (TPSA) is 66.5 Å². The third-order valence-electron chi connectivity index (χ3n) is 3.41. The lowest BCUT2D eigenvalue weighted by atomic mass is 10.2. The van der Waals surface area contributed by atoms with Crippen molar-refractivity contribution in [3.63, 3.8) is 0 Å². The molecule has 0 aliphatic rings. The number of nitrogens with one attached hydrogen (secondary N) is 1. The van der Waals surface area contributed by atoms with Gasteiger partial charge in [0, 0.05) is 25.4 Å². The number of halogens is 2. The molecule has 2 aromatic carbocycles. The first-order valence-electron chi connectivity index (χ1n) is 7.59. The summed E-state index contributed by atoms with van der Waals surface area (Å²) in [5.74, 6) is -0.172. The number of sulfonamides is 1. The molecule has 0 heterocycles. The van der Waals surface area contributed by atoms with Crippen LogP contribution >= 0.6 is 23.2 Å². The Morgan fingerprint density at radius 2 is 1.77 bits per heavy atom. The van der Waals surface area contributed by atoms with E-state index in [4.69, 9.17) is 23.2 Å². The maximum Gasteiger partial charge on any atom is 0.246 e. The minimum Gasteiger partial charge on any atom is -0.338 e. The van der Waals surface area contributed by atoms with Crippen molar-refractivity contribution in [2.75, 3.05) is 18.0 Å². The zero-order chi connectivity index (χ0) is 19.3. The second kappa shape index (κ2) is 8.58. The van der Waals surface area contributed by atoms with Crippen molar-refractivity contribution in [1.82, 2.24) is 4.90 Å². The summed E-state index contributed by atoms with van der Waals surface area (Å²) in [6.45, 7) is 0.400. The van der Waals surface area contributed by atoms with E-state index in [-0.39, 0.29) is 5.91 Å². The summed E-state index contributed by atoms with van der Waals surface area (Å²) >= 11 is 11.9. The van der Waals surface area contributed by atoms with Gasteiger partial charge in [0.2, 0.25) is 15.9 Å². The van der Waals surface area contributed by atoms with E-state index in [1.54, 1.807) is 54.4 Å². The average Bonchev–Trinajstić information content (AvgIpc) is 2.56. The smallest absolute Gasteiger partial charge is 0.246 e. The molecule has 1 N–H and O–H groups in total. The first-order chi connectivity index (χ1) is 12.1. The predicted molar refractivity (Wildman–Crippen MR) is 107 cm³/mol. The summed E-state index contributed by atoms with van der Waals surface area (Å²) < 4.78 is 24.7. The van der Waals surface area contributed by atoms with Gasteiger partial charge in [0.1, 0.15) is 0 Å². The predicted octanol–water partition coefficient (Wildman–Crippen LogP) is 4.04. The Morgan fingerprint density at radius 3 is 2.35 bits per heavy atom. The van der Waals surface area contributed by atoms with Gasteiger partial charge in [0.15, 0.2) is 0 Å². The van der Waals surface area contributed by atoms with Gasteiger partial charge in [-0.25, -0.2) is 8.42 Å². The number of rotatable bonds is 6. The van der Waals surface area contributed by atoms with Gasteiger partial charge in [-0.15, -0.1) is 0 Å². The van der Waals surface area contributed by atoms with E-state index in [1.165, 1.54) is 6.08 Å². The molecule has 0 radical (unpaired) electrons. The van der Waals surface area contributed by atoms with Gasteiger partial charge in [0.25, 0.3) is 0 Å². The molecule has 1 amide bonds. The van der Waals surface area contributed by atoms with Crippen LogP contribution in [0.25, 0.3) is 6.08 Å². The van der Waals surface area contributed by atoms with Crippen LogP contribution in [0.4, 0.5) is 5.69 Å². The van der Waals surface area contributed by atoms with E-state index in [0.717, 1.165) is 17.4 Å². The summed E-state index contributed by atoms with van der Waals surface area (Å²) in [5.41, 5.74) is 2.12. The molecular weight excluding hydrogens is 395 g/mol. The Kier molecular flexibility index (Phi) is 6.69. The summed E-state index contributed by atoms with van der Waals surface area (Å²) in [7, 11) is -1.62. The summed E-state index contributed by atoms with van der Waals surface area (Å²) in [4.78, 5) is 13.8. The molecule has 0 atom stereocenters. The van der Waals surface area contributed by atoms with Crippen LogP contribution in [0.5, 0.6) is 0 Å². The molecule has 0 fully saturated rings. The largest absolute Gasteiger partial charge is 0.338 e. The quantitative estimate of drug-likeness (QED) is 0.727. The van der Waals surface area contributed by atoms with Crippen molar-refractivity contribution in [2.45, 2.75) is 6.54 Å². The van der Waals surface area contributed by atoms with Gasteiger partial charge in [-0.3, -0.25) is 9.52 Å². The van der Waals surface area contributed by atoms with E-state index >= 15 is 0 Å². The van der Waals surface area contributed by atoms with Gasteiger partial charge in [-0.1, -0.05) is 41.4 Å². The third kappa shape index (κ3) is 6.37. The van der Waals surface area contributed by atoms with Gasteiger partial charge in [-0.2, -0.15) is 0 Å². The van der Waals surface area contributed by atoms with E-state index in [1.807, 2.05) is 6.07 Å². The Labute approximate surface area is 163 Å². The molecule has 0 aliphatic heterocycles. The van der Waals surface area contributed by atoms with Crippen LogP contribution in [-0.4, -0.2) is 32.5 Å². The first kappa shape index (κ1) is 20.3. The lowest BCUT2D eigenvalue weighted by Crippen LogP contribution is -2.24. The zero-order valence-corrected chi connectivity index (χ0v) is 16.6. The Balaban J connectivity index is 1.98. The molecule has 0 saturated carbocycles. The molecule has 0 spiro atoms. The van der Waals surface area contributed by atoms with Crippen molar-refractivity contribution in [1.29, 1.82) is 0 Å². The monoisotopic (exact) mass is 412 g/mol. The third-order valence-corrected chi connectivity index (χ3v) is 4.76. The van der Waals surface area contributed by atoms with Crippen LogP contribution < -0.4 is 4.72 Å².